The molecule has 0 spiro atoms. The van der Waals surface area contributed by atoms with Crippen molar-refractivity contribution in [2.45, 2.75) is 51.7 Å². The number of benzene rings is 1. The second-order valence-corrected chi connectivity index (χ2v) is 7.26. The van der Waals surface area contributed by atoms with E-state index in [2.05, 4.69) is 33.0 Å². The summed E-state index contributed by atoms with van der Waals surface area (Å²) in [6.07, 6.45) is 2.77. The minimum Gasteiger partial charge on any atom is -0.317 e. The van der Waals surface area contributed by atoms with Crippen LogP contribution in [-0.2, 0) is 19.6 Å². The monoisotopic (exact) mass is 454 g/mol. The maximum Gasteiger partial charge on any atom is 0.346 e. The number of aryl methyl sites for hydroxylation is 3. The predicted molar refractivity (Wildman–Crippen MR) is 119 cm³/mol. The molecule has 3 aromatic rings. The van der Waals surface area contributed by atoms with Crippen LogP contribution in [0.5, 0.6) is 0 Å². The molecule has 3 heterocycles. The van der Waals surface area contributed by atoms with E-state index < -0.39 is 0 Å². The van der Waals surface area contributed by atoms with E-state index >= 15 is 0 Å². The number of hydrogen-bond acceptors (Lipinski definition) is 6. The van der Waals surface area contributed by atoms with Crippen molar-refractivity contribution < 1.29 is 0 Å². The number of nitrogens with zero attached hydrogens (tertiary/aromatic N) is 7. The Morgan fingerprint density at radius 2 is 1.77 bits per heavy atom. The highest BCUT2D eigenvalue weighted by Crippen LogP contribution is 2.23. The van der Waals surface area contributed by atoms with Gasteiger partial charge in [-0.05, 0) is 55.3 Å². The summed E-state index contributed by atoms with van der Waals surface area (Å²) in [5, 5.41) is 19.6. The molecular formula is C19H28Cl2N8O. The summed E-state index contributed by atoms with van der Waals surface area (Å²) < 4.78 is 5.22. The first-order valence-electron chi connectivity index (χ1n) is 9.87. The third kappa shape index (κ3) is 5.47. The molecule has 1 aliphatic heterocycles. The highest BCUT2D eigenvalue weighted by atomic mass is 35.5. The zero-order valence-corrected chi connectivity index (χ0v) is 18.6. The zero-order valence-electron chi connectivity index (χ0n) is 17.0. The summed E-state index contributed by atoms with van der Waals surface area (Å²) in [4.78, 5) is 13.1. The van der Waals surface area contributed by atoms with Gasteiger partial charge in [-0.3, -0.25) is 4.57 Å². The zero-order chi connectivity index (χ0) is 19.3. The molecule has 1 fully saturated rings. The maximum absolute atomic E-state index is 13.1. The molecule has 0 atom stereocenters. The first-order valence-corrected chi connectivity index (χ1v) is 9.87. The van der Waals surface area contributed by atoms with Gasteiger partial charge in [0.15, 0.2) is 0 Å². The molecule has 0 saturated carbocycles. The lowest BCUT2D eigenvalue weighted by molar-refractivity contribution is 0.428. The normalized spacial score (nSPS) is 14.2. The van der Waals surface area contributed by atoms with E-state index in [1.165, 1.54) is 0 Å². The second-order valence-electron chi connectivity index (χ2n) is 7.26. The number of hydrogen-bond donors (Lipinski definition) is 1. The van der Waals surface area contributed by atoms with Crippen LogP contribution < -0.4 is 11.0 Å². The molecule has 0 bridgehead atoms. The molecule has 11 heteroatoms. The molecule has 2 aromatic heterocycles. The van der Waals surface area contributed by atoms with Gasteiger partial charge in [-0.2, -0.15) is 5.10 Å². The van der Waals surface area contributed by atoms with Crippen LogP contribution in [0, 0.1) is 6.92 Å². The average molecular weight is 455 g/mol. The van der Waals surface area contributed by atoms with Gasteiger partial charge in [-0.1, -0.05) is 30.3 Å². The Bertz CT molecular complexity index is 963. The van der Waals surface area contributed by atoms with Crippen LogP contribution in [0.25, 0.3) is 0 Å². The summed E-state index contributed by atoms with van der Waals surface area (Å²) in [6, 6.07) is 10.1. The molecule has 1 N–H and O–H groups in total. The van der Waals surface area contributed by atoms with Gasteiger partial charge in [0.2, 0.25) is 0 Å². The van der Waals surface area contributed by atoms with E-state index in [1.807, 2.05) is 29.7 Å². The van der Waals surface area contributed by atoms with Gasteiger partial charge in [0, 0.05) is 19.0 Å². The maximum atomic E-state index is 13.1. The topological polar surface area (TPSA) is 95.4 Å². The van der Waals surface area contributed by atoms with Gasteiger partial charge in [0.25, 0.3) is 0 Å². The van der Waals surface area contributed by atoms with E-state index in [-0.39, 0.29) is 30.5 Å². The Hall–Kier alpha value is -2.23. The van der Waals surface area contributed by atoms with Crippen molar-refractivity contribution in [2.24, 2.45) is 0 Å². The van der Waals surface area contributed by atoms with E-state index in [4.69, 9.17) is 5.10 Å². The van der Waals surface area contributed by atoms with Crippen molar-refractivity contribution in [3.8, 4) is 0 Å². The minimum atomic E-state index is -0.0363. The molecule has 1 aromatic carbocycles. The molecule has 0 aliphatic carbocycles. The standard InChI is InChI=1S/C19H26N8O.2ClH/c1-15-21-23-24-26(15)12-5-13-27-19(28)25(14-16-6-3-2-4-7-16)18(22-27)17-8-10-20-11-9-17;;/h2-4,6-7,17,20H,5,8-14H2,1H3;2*1H. The molecule has 164 valence electrons. The third-order valence-corrected chi connectivity index (χ3v) is 5.29. The fraction of sp³-hybridized carbons (Fsp3) is 0.526. The van der Waals surface area contributed by atoms with Crippen molar-refractivity contribution >= 4 is 24.8 Å². The molecule has 1 aliphatic rings. The summed E-state index contributed by atoms with van der Waals surface area (Å²) in [5.74, 6) is 2.01. The highest BCUT2D eigenvalue weighted by Gasteiger charge is 2.24. The lowest BCUT2D eigenvalue weighted by Crippen LogP contribution is -2.30. The minimum absolute atomic E-state index is 0. The van der Waals surface area contributed by atoms with E-state index in [0.29, 0.717) is 25.6 Å². The fourth-order valence-electron chi connectivity index (χ4n) is 3.73. The number of rotatable bonds is 7. The van der Waals surface area contributed by atoms with Crippen LogP contribution in [0.15, 0.2) is 35.1 Å². The van der Waals surface area contributed by atoms with E-state index in [1.54, 1.807) is 9.36 Å². The van der Waals surface area contributed by atoms with E-state index in [9.17, 15) is 4.79 Å². The Balaban J connectivity index is 0.00000160. The second kappa shape index (κ2) is 11.2. The van der Waals surface area contributed by atoms with Crippen LogP contribution >= 0.6 is 24.8 Å². The summed E-state index contributed by atoms with van der Waals surface area (Å²) >= 11 is 0. The van der Waals surface area contributed by atoms with Crippen LogP contribution in [0.3, 0.4) is 0 Å². The molecule has 0 unspecified atom stereocenters. The van der Waals surface area contributed by atoms with Crippen LogP contribution in [0.1, 0.15) is 42.4 Å². The largest absolute Gasteiger partial charge is 0.346 e. The van der Waals surface area contributed by atoms with Gasteiger partial charge in [-0.25, -0.2) is 14.2 Å². The molecule has 1 saturated heterocycles. The predicted octanol–water partition coefficient (Wildman–Crippen LogP) is 1.79. The molecule has 9 nitrogen and oxygen atoms in total. The first-order chi connectivity index (χ1) is 13.7. The van der Waals surface area contributed by atoms with Crippen molar-refractivity contribution in [2.75, 3.05) is 13.1 Å². The summed E-state index contributed by atoms with van der Waals surface area (Å²) in [6.45, 7) is 5.59. The van der Waals surface area contributed by atoms with Gasteiger partial charge in [0.05, 0.1) is 6.54 Å². The van der Waals surface area contributed by atoms with Gasteiger partial charge < -0.3 is 5.32 Å². The van der Waals surface area contributed by atoms with Gasteiger partial charge in [-0.15, -0.1) is 29.9 Å². The average Bonchev–Trinajstić information content (AvgIpc) is 3.27. The van der Waals surface area contributed by atoms with Crippen molar-refractivity contribution in [3.05, 3.63) is 58.0 Å². The van der Waals surface area contributed by atoms with Crippen molar-refractivity contribution in [1.82, 2.24) is 39.9 Å². The summed E-state index contributed by atoms with van der Waals surface area (Å²) in [5.41, 5.74) is 1.08. The SMILES string of the molecule is Cc1nnnn1CCCn1nc(C2CCNCC2)n(Cc2ccccc2)c1=O.Cl.Cl. The number of halogens is 2. The number of tetrazole rings is 1. The Morgan fingerprint density at radius 3 is 2.43 bits per heavy atom. The summed E-state index contributed by atoms with van der Waals surface area (Å²) in [7, 11) is 0. The lowest BCUT2D eigenvalue weighted by atomic mass is 9.97. The van der Waals surface area contributed by atoms with Crippen molar-refractivity contribution in [1.29, 1.82) is 0 Å². The Morgan fingerprint density at radius 1 is 1.07 bits per heavy atom. The van der Waals surface area contributed by atoms with Gasteiger partial charge in [0.1, 0.15) is 11.6 Å². The van der Waals surface area contributed by atoms with Crippen LogP contribution in [0.4, 0.5) is 0 Å². The quantitative estimate of drug-likeness (QED) is 0.584. The van der Waals surface area contributed by atoms with Crippen LogP contribution in [0.2, 0.25) is 0 Å². The smallest absolute Gasteiger partial charge is 0.317 e. The van der Waals surface area contributed by atoms with E-state index in [0.717, 1.165) is 49.6 Å². The van der Waals surface area contributed by atoms with Crippen molar-refractivity contribution in [3.63, 3.8) is 0 Å². The third-order valence-electron chi connectivity index (χ3n) is 5.29. The lowest BCUT2D eigenvalue weighted by Gasteiger charge is -2.22. The Labute approximate surface area is 187 Å². The highest BCUT2D eigenvalue weighted by molar-refractivity contribution is 5.85. The first kappa shape index (κ1) is 24.0. The fourth-order valence-corrected chi connectivity index (χ4v) is 3.73. The molecule has 30 heavy (non-hydrogen) atoms. The molecule has 0 amide bonds. The van der Waals surface area contributed by atoms with Crippen LogP contribution in [-0.4, -0.2) is 47.6 Å². The molecule has 4 rings (SSSR count). The number of nitrogens with one attached hydrogen (secondary N) is 1. The molecular weight excluding hydrogens is 427 g/mol. The number of aromatic nitrogens is 7. The van der Waals surface area contributed by atoms with Gasteiger partial charge >= 0.3 is 5.69 Å². The number of piperidine rings is 1. The Kier molecular flexibility index (Phi) is 9.01. The molecule has 0 radical (unpaired) electrons.